The van der Waals surface area contributed by atoms with E-state index in [0.717, 1.165) is 62.3 Å². The van der Waals surface area contributed by atoms with Crippen LogP contribution >= 0.6 is 0 Å². The minimum atomic E-state index is -1.01. The Morgan fingerprint density at radius 3 is 2.07 bits per heavy atom. The number of nitrogens with zero attached hydrogens (tertiary/aromatic N) is 6. The van der Waals surface area contributed by atoms with Gasteiger partial charge in [-0.15, -0.1) is 0 Å². The number of esters is 1. The standard InChI is InChI=1S/C39H54N6O7.C3H9N/c1-4-51-35(46)26-41-19-21-42(22-20-41)31-10-14-43(15-11-31)37(48)34(25-29-23-27(2)36(47)28(3)24-29)52-39(50)44-16-12-32(13-17-44)45-18-9-30-7-5-6-8-33(30)40-38(45)49;1-4(2)3/h5-8,23-24,31-32,34,47H,4,9-22,25-26H2,1-3H3,(H,40,49);1-3H3/t34-;/m1./s1. The third-order valence-corrected chi connectivity index (χ3v) is 11.2. The molecule has 14 nitrogen and oxygen atoms in total. The van der Waals surface area contributed by atoms with Crippen LogP contribution in [-0.2, 0) is 31.9 Å². The van der Waals surface area contributed by atoms with Crippen molar-refractivity contribution >= 4 is 29.7 Å². The number of ether oxygens (including phenoxy) is 2. The van der Waals surface area contributed by atoms with Crippen LogP contribution < -0.4 is 5.32 Å². The van der Waals surface area contributed by atoms with Crippen LogP contribution in [0.3, 0.4) is 0 Å². The molecule has 6 rings (SSSR count). The molecule has 2 N–H and O–H groups in total. The number of aryl methyl sites for hydroxylation is 2. The molecule has 2 aromatic rings. The van der Waals surface area contributed by atoms with E-state index in [2.05, 4.69) is 15.1 Å². The number of hydrogen-bond acceptors (Lipinski definition) is 10. The van der Waals surface area contributed by atoms with E-state index >= 15 is 0 Å². The zero-order valence-electron chi connectivity index (χ0n) is 34.3. The number of benzene rings is 2. The first-order chi connectivity index (χ1) is 26.8. The van der Waals surface area contributed by atoms with Gasteiger partial charge in [-0.2, -0.15) is 0 Å². The number of anilines is 1. The van der Waals surface area contributed by atoms with Gasteiger partial charge in [-0.25, -0.2) is 9.59 Å². The van der Waals surface area contributed by atoms with Crippen molar-refractivity contribution in [2.24, 2.45) is 0 Å². The number of fused-ring (bicyclic) bond motifs is 1. The molecule has 4 aliphatic heterocycles. The Labute approximate surface area is 332 Å². The molecule has 4 amide bonds. The first-order valence-corrected chi connectivity index (χ1v) is 20.2. The fourth-order valence-electron chi connectivity index (χ4n) is 8.18. The van der Waals surface area contributed by atoms with Gasteiger partial charge in [0.1, 0.15) is 5.75 Å². The van der Waals surface area contributed by atoms with Gasteiger partial charge in [-0.05, 0) is 102 Å². The monoisotopic (exact) mass is 777 g/mol. The second-order valence-electron chi connectivity index (χ2n) is 15.9. The summed E-state index contributed by atoms with van der Waals surface area (Å²) in [6, 6.07) is 11.8. The van der Waals surface area contributed by atoms with Crippen LogP contribution in [0.4, 0.5) is 15.3 Å². The summed E-state index contributed by atoms with van der Waals surface area (Å²) in [5.74, 6) is -0.170. The number of carbonyl (C=O) groups is 4. The molecule has 1 atom stereocenters. The molecule has 0 unspecified atom stereocenters. The van der Waals surface area contributed by atoms with E-state index in [1.165, 1.54) is 0 Å². The number of phenols is 1. The number of piperazine rings is 1. The first kappa shape index (κ1) is 42.7. The number of urea groups is 1. The molecule has 0 radical (unpaired) electrons. The summed E-state index contributed by atoms with van der Waals surface area (Å²) in [6.45, 7) is 12.1. The zero-order chi connectivity index (χ0) is 40.4. The molecule has 308 valence electrons. The molecule has 0 aliphatic carbocycles. The predicted molar refractivity (Wildman–Crippen MR) is 216 cm³/mol. The maximum Gasteiger partial charge on any atom is 0.410 e. The molecule has 0 bridgehead atoms. The number of rotatable bonds is 9. The zero-order valence-corrected chi connectivity index (χ0v) is 34.3. The molecule has 56 heavy (non-hydrogen) atoms. The van der Waals surface area contributed by atoms with E-state index in [9.17, 15) is 24.3 Å². The first-order valence-electron chi connectivity index (χ1n) is 20.2. The molecule has 14 heteroatoms. The minimum absolute atomic E-state index is 0.000534. The van der Waals surface area contributed by atoms with E-state index in [4.69, 9.17) is 9.47 Å². The number of para-hydroxylation sites is 1. The summed E-state index contributed by atoms with van der Waals surface area (Å²) in [6.07, 6.45) is 2.34. The van der Waals surface area contributed by atoms with Gasteiger partial charge in [0.2, 0.25) is 0 Å². The van der Waals surface area contributed by atoms with Crippen LogP contribution in [0, 0.1) is 13.8 Å². The van der Waals surface area contributed by atoms with Gasteiger partial charge < -0.3 is 39.5 Å². The number of nitrogens with one attached hydrogen (secondary N) is 1. The number of amides is 4. The van der Waals surface area contributed by atoms with Gasteiger partial charge in [0.15, 0.2) is 6.10 Å². The van der Waals surface area contributed by atoms with Gasteiger partial charge >= 0.3 is 18.1 Å². The fraction of sp³-hybridized carbons (Fsp3) is 0.619. The quantitative estimate of drug-likeness (QED) is 0.360. The average Bonchev–Trinajstić information content (AvgIpc) is 3.34. The number of likely N-dealkylation sites (tertiary alicyclic amines) is 2. The van der Waals surface area contributed by atoms with Crippen LogP contribution in [0.5, 0.6) is 5.75 Å². The smallest absolute Gasteiger partial charge is 0.410 e. The maximum atomic E-state index is 14.1. The highest BCUT2D eigenvalue weighted by Gasteiger charge is 2.37. The highest BCUT2D eigenvalue weighted by Crippen LogP contribution is 2.28. The van der Waals surface area contributed by atoms with Crippen LogP contribution in [0.2, 0.25) is 0 Å². The highest BCUT2D eigenvalue weighted by molar-refractivity contribution is 5.91. The summed E-state index contributed by atoms with van der Waals surface area (Å²) in [5, 5.41) is 13.4. The average molecular weight is 778 g/mol. The van der Waals surface area contributed by atoms with Gasteiger partial charge in [-0.1, -0.05) is 30.3 Å². The molecule has 3 saturated heterocycles. The lowest BCUT2D eigenvalue weighted by Gasteiger charge is -2.43. The number of aromatic hydroxyl groups is 1. The van der Waals surface area contributed by atoms with E-state index < -0.39 is 12.2 Å². The molecule has 4 aliphatic rings. The molecule has 2 aromatic carbocycles. The predicted octanol–water partition coefficient (Wildman–Crippen LogP) is 3.96. The van der Waals surface area contributed by atoms with Crippen molar-refractivity contribution in [2.45, 2.75) is 77.5 Å². The largest absolute Gasteiger partial charge is 0.507 e. The van der Waals surface area contributed by atoms with Crippen LogP contribution in [0.25, 0.3) is 0 Å². The van der Waals surface area contributed by atoms with Crippen molar-refractivity contribution in [1.82, 2.24) is 29.4 Å². The minimum Gasteiger partial charge on any atom is -0.507 e. The molecule has 4 heterocycles. The van der Waals surface area contributed by atoms with E-state index in [1.807, 2.05) is 93.0 Å². The highest BCUT2D eigenvalue weighted by atomic mass is 16.6. The summed E-state index contributed by atoms with van der Waals surface area (Å²) in [7, 11) is 6.00. The van der Waals surface area contributed by atoms with Crippen molar-refractivity contribution in [2.75, 3.05) is 98.5 Å². The number of carbonyl (C=O) groups excluding carboxylic acids is 4. The Bertz CT molecular complexity index is 1620. The van der Waals surface area contributed by atoms with E-state index in [1.54, 1.807) is 4.90 Å². The van der Waals surface area contributed by atoms with Crippen LogP contribution in [0.15, 0.2) is 36.4 Å². The summed E-state index contributed by atoms with van der Waals surface area (Å²) < 4.78 is 11.2. The van der Waals surface area contributed by atoms with Gasteiger partial charge in [-0.3, -0.25) is 19.4 Å². The SMILES string of the molecule is CCOC(=O)CN1CCN(C2CCN(C(=O)[C@@H](Cc3cc(C)c(O)c(C)c3)OC(=O)N3CCC(N4CCc5ccccc5NC4=O)CC3)CC2)CC1.CN(C)C. The Balaban J connectivity index is 0.00000143. The summed E-state index contributed by atoms with van der Waals surface area (Å²) in [4.78, 5) is 64.8. The van der Waals surface area contributed by atoms with Gasteiger partial charge in [0.05, 0.1) is 13.2 Å². The molecule has 0 aromatic heterocycles. The lowest BCUT2D eigenvalue weighted by Crippen LogP contribution is -2.55. The van der Waals surface area contributed by atoms with E-state index in [-0.39, 0.29) is 36.1 Å². The Morgan fingerprint density at radius 2 is 1.45 bits per heavy atom. The normalized spacial score (nSPS) is 19.3. The molecule has 0 spiro atoms. The number of hydrogen-bond donors (Lipinski definition) is 2. The molecule has 3 fully saturated rings. The summed E-state index contributed by atoms with van der Waals surface area (Å²) in [5.41, 5.74) is 4.20. The van der Waals surface area contributed by atoms with Crippen LogP contribution in [-0.4, -0.2) is 170 Å². The van der Waals surface area contributed by atoms with Gasteiger partial charge in [0.25, 0.3) is 5.91 Å². The Hall–Kier alpha value is -4.40. The van der Waals surface area contributed by atoms with Crippen molar-refractivity contribution in [1.29, 1.82) is 0 Å². The second kappa shape index (κ2) is 20.1. The molecular formula is C42H63N7O7. The third-order valence-electron chi connectivity index (χ3n) is 11.2. The third kappa shape index (κ3) is 11.6. The van der Waals surface area contributed by atoms with E-state index in [0.29, 0.717) is 75.9 Å². The van der Waals surface area contributed by atoms with Crippen molar-refractivity contribution < 1.29 is 33.8 Å². The number of phenolic OH excluding ortho intramolecular Hbond substituents is 1. The lowest BCUT2D eigenvalue weighted by atomic mass is 9.98. The molecular weight excluding hydrogens is 715 g/mol. The number of piperidine rings is 2. The molecule has 0 saturated carbocycles. The topological polar surface area (TPSA) is 138 Å². The fourth-order valence-corrected chi connectivity index (χ4v) is 8.18. The van der Waals surface area contributed by atoms with Crippen molar-refractivity contribution in [3.63, 3.8) is 0 Å². The van der Waals surface area contributed by atoms with Crippen LogP contribution in [0.1, 0.15) is 54.9 Å². The second-order valence-corrected chi connectivity index (χ2v) is 15.9. The van der Waals surface area contributed by atoms with Crippen molar-refractivity contribution in [3.8, 4) is 5.75 Å². The van der Waals surface area contributed by atoms with Crippen molar-refractivity contribution in [3.05, 3.63) is 58.7 Å². The maximum absolute atomic E-state index is 14.1. The Kier molecular flexibility index (Phi) is 15.4. The summed E-state index contributed by atoms with van der Waals surface area (Å²) >= 11 is 0. The van der Waals surface area contributed by atoms with Gasteiger partial charge in [0, 0.05) is 83.1 Å². The Morgan fingerprint density at radius 1 is 0.857 bits per heavy atom. The lowest BCUT2D eigenvalue weighted by molar-refractivity contribution is -0.145.